The van der Waals surface area contributed by atoms with E-state index in [1.54, 1.807) is 23.9 Å². The van der Waals surface area contributed by atoms with Crippen LogP contribution in [-0.4, -0.2) is 41.7 Å². The van der Waals surface area contributed by atoms with Gasteiger partial charge in [-0.1, -0.05) is 6.92 Å². The molecule has 3 unspecified atom stereocenters. The highest BCUT2D eigenvalue weighted by atomic mass is 35.5. The highest BCUT2D eigenvalue weighted by molar-refractivity contribution is 7.99. The maximum absolute atomic E-state index is 12.9. The second-order valence-corrected chi connectivity index (χ2v) is 6.77. The zero-order chi connectivity index (χ0) is 15.4. The largest absolute Gasteiger partial charge is 0.337 e. The Morgan fingerprint density at radius 1 is 1.41 bits per heavy atom. The van der Waals surface area contributed by atoms with Gasteiger partial charge in [0.05, 0.1) is 0 Å². The summed E-state index contributed by atoms with van der Waals surface area (Å²) in [6.45, 7) is 7.81. The molecule has 2 rings (SSSR count). The van der Waals surface area contributed by atoms with Crippen LogP contribution in [0.4, 0.5) is 4.39 Å². The summed E-state index contributed by atoms with van der Waals surface area (Å²) in [5, 5.41) is 3.38. The van der Waals surface area contributed by atoms with Crippen LogP contribution in [0.5, 0.6) is 0 Å². The Balaban J connectivity index is 0.00000242. The van der Waals surface area contributed by atoms with E-state index in [1.165, 1.54) is 12.1 Å². The van der Waals surface area contributed by atoms with Crippen molar-refractivity contribution < 1.29 is 9.18 Å². The van der Waals surface area contributed by atoms with Gasteiger partial charge >= 0.3 is 0 Å². The van der Waals surface area contributed by atoms with Gasteiger partial charge in [0.15, 0.2) is 0 Å². The van der Waals surface area contributed by atoms with E-state index in [1.807, 2.05) is 11.8 Å². The molecular weight excluding hydrogens is 323 g/mol. The lowest BCUT2D eigenvalue weighted by molar-refractivity contribution is -0.138. The molecule has 6 heteroatoms. The fraction of sp³-hybridized carbons (Fsp3) is 0.562. The Labute approximate surface area is 142 Å². The van der Waals surface area contributed by atoms with E-state index in [9.17, 15) is 9.18 Å². The van der Waals surface area contributed by atoms with E-state index < -0.39 is 0 Å². The molecule has 1 aromatic carbocycles. The summed E-state index contributed by atoms with van der Waals surface area (Å²) in [6, 6.07) is 6.98. The average Bonchev–Trinajstić information content (AvgIpc) is 2.48. The predicted molar refractivity (Wildman–Crippen MR) is 92.2 cm³/mol. The third-order valence-corrected chi connectivity index (χ3v) is 5.32. The van der Waals surface area contributed by atoms with Crippen LogP contribution >= 0.6 is 24.2 Å². The van der Waals surface area contributed by atoms with Crippen LogP contribution in [0.25, 0.3) is 0 Å². The van der Waals surface area contributed by atoms with Crippen molar-refractivity contribution in [2.75, 3.05) is 18.8 Å². The first-order valence-corrected chi connectivity index (χ1v) is 8.40. The van der Waals surface area contributed by atoms with Crippen molar-refractivity contribution in [2.24, 2.45) is 5.92 Å². The van der Waals surface area contributed by atoms with Crippen molar-refractivity contribution in [3.8, 4) is 0 Å². The second-order valence-electron chi connectivity index (χ2n) is 5.68. The molecule has 0 aliphatic carbocycles. The van der Waals surface area contributed by atoms with Crippen LogP contribution in [0, 0.1) is 11.7 Å². The van der Waals surface area contributed by atoms with Crippen LogP contribution in [0.2, 0.25) is 0 Å². The van der Waals surface area contributed by atoms with Crippen molar-refractivity contribution in [3.63, 3.8) is 0 Å². The Morgan fingerprint density at radius 2 is 2.05 bits per heavy atom. The molecule has 124 valence electrons. The van der Waals surface area contributed by atoms with E-state index in [4.69, 9.17) is 0 Å². The lowest BCUT2D eigenvalue weighted by atomic mass is 10.0. The van der Waals surface area contributed by atoms with Gasteiger partial charge in [-0.05, 0) is 38.1 Å². The molecule has 1 aliphatic heterocycles. The molecule has 1 fully saturated rings. The number of benzene rings is 1. The summed E-state index contributed by atoms with van der Waals surface area (Å²) in [5.74, 6) is 0.667. The molecule has 22 heavy (non-hydrogen) atoms. The molecule has 0 saturated carbocycles. The Bertz CT molecular complexity index is 486. The third kappa shape index (κ3) is 4.86. The summed E-state index contributed by atoms with van der Waals surface area (Å²) < 4.78 is 12.9. The Kier molecular flexibility index (Phi) is 7.66. The smallest absolute Gasteiger partial charge is 0.226 e. The zero-order valence-electron chi connectivity index (χ0n) is 13.2. The standard InChI is InChI=1S/C16H23FN2OS.ClH/c1-11(10-21-15-6-4-14(17)5-7-15)16(20)19-9-8-18-12(2)13(19)3;/h4-7,11-13,18H,8-10H2,1-3H3;1H. The zero-order valence-corrected chi connectivity index (χ0v) is 14.8. The Hall–Kier alpha value is -0.780. The molecule has 1 aliphatic rings. The molecule has 1 N–H and O–H groups in total. The predicted octanol–water partition coefficient (Wildman–Crippen LogP) is 3.18. The van der Waals surface area contributed by atoms with Gasteiger partial charge in [0, 0.05) is 41.7 Å². The minimum Gasteiger partial charge on any atom is -0.337 e. The third-order valence-electron chi connectivity index (χ3n) is 4.05. The number of amides is 1. The minimum atomic E-state index is -0.230. The van der Waals surface area contributed by atoms with Gasteiger partial charge < -0.3 is 10.2 Å². The number of rotatable bonds is 4. The van der Waals surface area contributed by atoms with Crippen LogP contribution < -0.4 is 5.32 Å². The van der Waals surface area contributed by atoms with Gasteiger partial charge in [-0.15, -0.1) is 24.2 Å². The van der Waals surface area contributed by atoms with Gasteiger partial charge in [-0.3, -0.25) is 4.79 Å². The summed E-state index contributed by atoms with van der Waals surface area (Å²) in [4.78, 5) is 15.5. The monoisotopic (exact) mass is 346 g/mol. The number of hydrogen-bond acceptors (Lipinski definition) is 3. The fourth-order valence-electron chi connectivity index (χ4n) is 2.47. The van der Waals surface area contributed by atoms with Crippen LogP contribution in [0.1, 0.15) is 20.8 Å². The topological polar surface area (TPSA) is 32.3 Å². The summed E-state index contributed by atoms with van der Waals surface area (Å²) >= 11 is 1.60. The van der Waals surface area contributed by atoms with Gasteiger partial charge in [0.1, 0.15) is 5.82 Å². The molecular formula is C16H24ClFN2OS. The SMILES string of the molecule is CC(CSc1ccc(F)cc1)C(=O)N1CCNC(C)C1C.Cl. The molecule has 0 spiro atoms. The molecule has 3 nitrogen and oxygen atoms in total. The molecule has 1 aromatic rings. The van der Waals surface area contributed by atoms with Crippen molar-refractivity contribution in [2.45, 2.75) is 37.8 Å². The highest BCUT2D eigenvalue weighted by Crippen LogP contribution is 2.23. The number of nitrogens with one attached hydrogen (secondary N) is 1. The number of halogens is 2. The minimum absolute atomic E-state index is 0. The number of piperazine rings is 1. The van der Waals surface area contributed by atoms with Gasteiger partial charge in [-0.25, -0.2) is 4.39 Å². The van der Waals surface area contributed by atoms with Crippen molar-refractivity contribution in [1.29, 1.82) is 0 Å². The molecule has 1 heterocycles. The molecule has 0 aromatic heterocycles. The number of nitrogens with zero attached hydrogens (tertiary/aromatic N) is 1. The van der Waals surface area contributed by atoms with Crippen molar-refractivity contribution in [3.05, 3.63) is 30.1 Å². The lowest BCUT2D eigenvalue weighted by Gasteiger charge is -2.39. The van der Waals surface area contributed by atoms with Gasteiger partial charge in [0.25, 0.3) is 0 Å². The van der Waals surface area contributed by atoms with Crippen LogP contribution in [-0.2, 0) is 4.79 Å². The normalized spacial score (nSPS) is 22.8. The quantitative estimate of drug-likeness (QED) is 0.850. The average molecular weight is 347 g/mol. The summed E-state index contributed by atoms with van der Waals surface area (Å²) in [6.07, 6.45) is 0. The first kappa shape index (κ1) is 19.3. The van der Waals surface area contributed by atoms with Crippen LogP contribution in [0.15, 0.2) is 29.2 Å². The molecule has 3 atom stereocenters. The molecule has 0 bridgehead atoms. The summed E-state index contributed by atoms with van der Waals surface area (Å²) in [5.41, 5.74) is 0. The molecule has 1 amide bonds. The lowest BCUT2D eigenvalue weighted by Crippen LogP contribution is -2.58. The van der Waals surface area contributed by atoms with E-state index in [0.717, 1.165) is 23.7 Å². The maximum Gasteiger partial charge on any atom is 0.226 e. The molecule has 0 radical (unpaired) electrons. The molecule has 1 saturated heterocycles. The second kappa shape index (κ2) is 8.75. The fourth-order valence-corrected chi connectivity index (χ4v) is 3.39. The number of carbonyl (C=O) groups is 1. The van der Waals surface area contributed by atoms with Gasteiger partial charge in [0.2, 0.25) is 5.91 Å². The number of carbonyl (C=O) groups excluding carboxylic acids is 1. The van der Waals surface area contributed by atoms with Crippen molar-refractivity contribution in [1.82, 2.24) is 10.2 Å². The first-order chi connectivity index (χ1) is 9.99. The van der Waals surface area contributed by atoms with Crippen molar-refractivity contribution >= 4 is 30.1 Å². The van der Waals surface area contributed by atoms with E-state index in [-0.39, 0.29) is 36.1 Å². The first-order valence-electron chi connectivity index (χ1n) is 7.41. The highest BCUT2D eigenvalue weighted by Gasteiger charge is 2.30. The summed E-state index contributed by atoms with van der Waals surface area (Å²) in [7, 11) is 0. The van der Waals surface area contributed by atoms with Gasteiger partial charge in [-0.2, -0.15) is 0 Å². The van der Waals surface area contributed by atoms with E-state index >= 15 is 0 Å². The van der Waals surface area contributed by atoms with E-state index in [2.05, 4.69) is 19.2 Å². The number of thioether (sulfide) groups is 1. The number of hydrogen-bond donors (Lipinski definition) is 1. The van der Waals surface area contributed by atoms with Crippen LogP contribution in [0.3, 0.4) is 0 Å². The maximum atomic E-state index is 12.9. The van der Waals surface area contributed by atoms with E-state index in [0.29, 0.717) is 6.04 Å². The Morgan fingerprint density at radius 3 is 2.68 bits per heavy atom.